The van der Waals surface area contributed by atoms with E-state index in [0.29, 0.717) is 11.2 Å². The molecule has 0 aliphatic heterocycles. The Balaban J connectivity index is 2.08. The van der Waals surface area contributed by atoms with Crippen LogP contribution in [0.2, 0.25) is 0 Å². The van der Waals surface area contributed by atoms with Gasteiger partial charge in [0.05, 0.1) is 0 Å². The molecule has 0 aliphatic rings. The van der Waals surface area contributed by atoms with Crippen LogP contribution >= 0.6 is 0 Å². The lowest BCUT2D eigenvalue weighted by molar-refractivity contribution is -0.701. The van der Waals surface area contributed by atoms with Gasteiger partial charge in [0.1, 0.15) is 22.7 Å². The first-order valence-corrected chi connectivity index (χ1v) is 10.1. The number of carbonyl (C=O) groups is 1. The van der Waals surface area contributed by atoms with Crippen molar-refractivity contribution in [3.05, 3.63) is 71.4 Å². The lowest BCUT2D eigenvalue weighted by atomic mass is 10.0. The normalized spacial score (nSPS) is 12.3. The van der Waals surface area contributed by atoms with Gasteiger partial charge in [0, 0.05) is 35.4 Å². The second kappa shape index (κ2) is 7.82. The monoisotopic (exact) mass is 439 g/mol. The minimum Gasteiger partial charge on any atom is -0.478 e. The number of hydrogen-bond donors (Lipinski definition) is 2. The molecule has 2 heterocycles. The summed E-state index contributed by atoms with van der Waals surface area (Å²) in [4.78, 5) is 14.0. The SMILES string of the molecule is Cc1cc2c([nH]c3ccccc32)c(-c2c(F)cc(C=CC(=O)O)cc2F)[n+]1CC(C)(C)F. The molecule has 0 saturated carbocycles. The molecule has 4 aromatic rings. The van der Waals surface area contributed by atoms with E-state index in [4.69, 9.17) is 5.11 Å². The molecule has 32 heavy (non-hydrogen) atoms. The van der Waals surface area contributed by atoms with Crippen molar-refractivity contribution in [2.24, 2.45) is 0 Å². The van der Waals surface area contributed by atoms with Crippen molar-refractivity contribution in [1.82, 2.24) is 4.98 Å². The van der Waals surface area contributed by atoms with Gasteiger partial charge >= 0.3 is 5.97 Å². The van der Waals surface area contributed by atoms with Crippen LogP contribution in [0.25, 0.3) is 39.1 Å². The number of rotatable bonds is 5. The quantitative estimate of drug-likeness (QED) is 0.309. The minimum absolute atomic E-state index is 0.0732. The molecule has 4 nitrogen and oxygen atoms in total. The molecule has 7 heteroatoms. The second-order valence-electron chi connectivity index (χ2n) is 8.43. The highest BCUT2D eigenvalue weighted by molar-refractivity contribution is 6.10. The number of benzene rings is 2. The molecule has 0 unspecified atom stereocenters. The smallest absolute Gasteiger partial charge is 0.328 e. The number of nitrogens with zero attached hydrogens (tertiary/aromatic N) is 1. The molecule has 0 atom stereocenters. The van der Waals surface area contributed by atoms with Gasteiger partial charge in [-0.1, -0.05) is 18.2 Å². The number of carboxylic acid groups (broad SMARTS) is 1. The number of aliphatic carboxylic acids is 1. The van der Waals surface area contributed by atoms with Crippen molar-refractivity contribution in [3.8, 4) is 11.3 Å². The summed E-state index contributed by atoms with van der Waals surface area (Å²) in [5.41, 5.74) is 0.268. The number of aromatic nitrogens is 2. The number of nitrogens with one attached hydrogen (secondary N) is 1. The zero-order valence-electron chi connectivity index (χ0n) is 17.8. The molecule has 2 aromatic carbocycles. The highest BCUT2D eigenvalue weighted by atomic mass is 19.1. The standard InChI is InChI=1S/C25H21F3N2O2/c1-14-10-17-16-6-4-5-7-20(16)29-23(17)24(30(14)13-25(2,3)28)22-18(26)11-15(12-19(22)27)8-9-21(31)32/h4-12H,13H2,1-3H3,(H,31,32)/p+1. The van der Waals surface area contributed by atoms with Crippen molar-refractivity contribution < 1.29 is 27.6 Å². The van der Waals surface area contributed by atoms with Crippen LogP contribution in [-0.2, 0) is 11.3 Å². The van der Waals surface area contributed by atoms with E-state index in [1.807, 2.05) is 30.3 Å². The fourth-order valence-corrected chi connectivity index (χ4v) is 4.02. The summed E-state index contributed by atoms with van der Waals surface area (Å²) in [6.07, 6.45) is 1.92. The lowest BCUT2D eigenvalue weighted by Gasteiger charge is -2.16. The molecule has 0 aliphatic carbocycles. The van der Waals surface area contributed by atoms with E-state index in [-0.39, 0.29) is 23.4 Å². The molecule has 0 bridgehead atoms. The molecule has 0 fully saturated rings. The molecule has 0 amide bonds. The van der Waals surface area contributed by atoms with Gasteiger partial charge in [-0.15, -0.1) is 0 Å². The Morgan fingerprint density at radius 2 is 1.78 bits per heavy atom. The first-order valence-electron chi connectivity index (χ1n) is 10.1. The van der Waals surface area contributed by atoms with Gasteiger partial charge < -0.3 is 10.1 Å². The molecule has 2 N–H and O–H groups in total. The Morgan fingerprint density at radius 3 is 2.41 bits per heavy atom. The number of alkyl halides is 1. The van der Waals surface area contributed by atoms with Crippen LogP contribution in [0.3, 0.4) is 0 Å². The maximum absolute atomic E-state index is 15.3. The molecule has 4 rings (SSSR count). The van der Waals surface area contributed by atoms with Crippen molar-refractivity contribution in [1.29, 1.82) is 0 Å². The summed E-state index contributed by atoms with van der Waals surface area (Å²) < 4.78 is 46.9. The van der Waals surface area contributed by atoms with Crippen LogP contribution < -0.4 is 4.57 Å². The van der Waals surface area contributed by atoms with E-state index < -0.39 is 23.3 Å². The third kappa shape index (κ3) is 3.98. The second-order valence-corrected chi connectivity index (χ2v) is 8.43. The highest BCUT2D eigenvalue weighted by Gasteiger charge is 2.33. The van der Waals surface area contributed by atoms with E-state index >= 15 is 8.78 Å². The molecule has 164 valence electrons. The first kappa shape index (κ1) is 21.6. The van der Waals surface area contributed by atoms with Crippen LogP contribution in [-0.4, -0.2) is 21.7 Å². The Morgan fingerprint density at radius 1 is 1.12 bits per heavy atom. The van der Waals surface area contributed by atoms with Crippen LogP contribution in [0.5, 0.6) is 0 Å². The number of aromatic amines is 1. The van der Waals surface area contributed by atoms with Crippen molar-refractivity contribution in [2.45, 2.75) is 33.0 Å². The van der Waals surface area contributed by atoms with Crippen molar-refractivity contribution >= 4 is 33.9 Å². The first-order chi connectivity index (χ1) is 15.0. The fraction of sp³-hybridized carbons (Fsp3) is 0.200. The molecule has 0 radical (unpaired) electrons. The summed E-state index contributed by atoms with van der Waals surface area (Å²) in [5.74, 6) is -2.96. The Kier molecular flexibility index (Phi) is 5.28. The number of fused-ring (bicyclic) bond motifs is 3. The predicted molar refractivity (Wildman–Crippen MR) is 118 cm³/mol. The van der Waals surface area contributed by atoms with Crippen LogP contribution in [0.15, 0.2) is 48.5 Å². The summed E-state index contributed by atoms with van der Waals surface area (Å²) in [6.45, 7) is 4.48. The maximum Gasteiger partial charge on any atom is 0.328 e. The van der Waals surface area contributed by atoms with Gasteiger partial charge in [-0.05, 0) is 43.7 Å². The minimum atomic E-state index is -1.64. The third-order valence-electron chi connectivity index (χ3n) is 5.29. The number of H-pyrrole nitrogens is 1. The Labute approximate surface area is 182 Å². The summed E-state index contributed by atoms with van der Waals surface area (Å²) in [7, 11) is 0. The molecule has 2 aromatic heterocycles. The topological polar surface area (TPSA) is 57.0 Å². The van der Waals surface area contributed by atoms with E-state index in [0.717, 1.165) is 40.6 Å². The molecular formula is C25H22F3N2O2+. The fourth-order valence-electron chi connectivity index (χ4n) is 4.02. The summed E-state index contributed by atoms with van der Waals surface area (Å²) >= 11 is 0. The van der Waals surface area contributed by atoms with E-state index in [9.17, 15) is 9.18 Å². The number of hydrogen-bond acceptors (Lipinski definition) is 1. The average molecular weight is 439 g/mol. The van der Waals surface area contributed by atoms with Gasteiger partial charge in [-0.3, -0.25) is 0 Å². The maximum atomic E-state index is 15.3. The Bertz CT molecular complexity index is 1380. The molecule has 0 saturated heterocycles. The summed E-state index contributed by atoms with van der Waals surface area (Å²) in [5, 5.41) is 10.5. The zero-order chi connectivity index (χ0) is 23.2. The summed E-state index contributed by atoms with van der Waals surface area (Å²) in [6, 6.07) is 11.5. The molecular weight excluding hydrogens is 417 g/mol. The number of halogens is 3. The third-order valence-corrected chi connectivity index (χ3v) is 5.29. The lowest BCUT2D eigenvalue weighted by Crippen LogP contribution is -2.47. The average Bonchev–Trinajstić information content (AvgIpc) is 3.05. The van der Waals surface area contributed by atoms with Gasteiger partial charge in [-0.25, -0.2) is 18.0 Å². The van der Waals surface area contributed by atoms with Crippen LogP contribution in [0.4, 0.5) is 13.2 Å². The largest absolute Gasteiger partial charge is 0.478 e. The van der Waals surface area contributed by atoms with Gasteiger partial charge in [0.2, 0.25) is 5.69 Å². The van der Waals surface area contributed by atoms with E-state index in [1.165, 1.54) is 13.8 Å². The highest BCUT2D eigenvalue weighted by Crippen LogP contribution is 2.35. The number of pyridine rings is 1. The van der Waals surface area contributed by atoms with Gasteiger partial charge in [-0.2, -0.15) is 4.57 Å². The number of aryl methyl sites for hydroxylation is 1. The Hall–Kier alpha value is -3.61. The van der Waals surface area contributed by atoms with Crippen molar-refractivity contribution in [3.63, 3.8) is 0 Å². The van der Waals surface area contributed by atoms with Crippen molar-refractivity contribution in [2.75, 3.05) is 0 Å². The molecule has 0 spiro atoms. The van der Waals surface area contributed by atoms with Gasteiger partial charge in [0.25, 0.3) is 0 Å². The number of para-hydroxylation sites is 1. The van der Waals surface area contributed by atoms with Gasteiger partial charge in [0.15, 0.2) is 17.9 Å². The van der Waals surface area contributed by atoms with Crippen LogP contribution in [0.1, 0.15) is 25.1 Å². The number of carboxylic acids is 1. The van der Waals surface area contributed by atoms with E-state index in [1.54, 1.807) is 11.5 Å². The van der Waals surface area contributed by atoms with Crippen LogP contribution in [0, 0.1) is 18.6 Å². The predicted octanol–water partition coefficient (Wildman–Crippen LogP) is 5.71. The zero-order valence-corrected chi connectivity index (χ0v) is 17.8. The van der Waals surface area contributed by atoms with E-state index in [2.05, 4.69) is 4.98 Å².